The van der Waals surface area contributed by atoms with Crippen molar-refractivity contribution in [3.63, 3.8) is 0 Å². The number of aryl methyl sites for hydroxylation is 1. The second kappa shape index (κ2) is 5.89. The second-order valence-corrected chi connectivity index (χ2v) is 3.88. The van der Waals surface area contributed by atoms with Crippen LogP contribution in [0.5, 0.6) is 0 Å². The number of nitrogens with zero attached hydrogens (tertiary/aromatic N) is 3. The number of aromatic nitrogens is 3. The number of rotatable bonds is 6. The maximum absolute atomic E-state index is 12.9. The van der Waals surface area contributed by atoms with Crippen molar-refractivity contribution < 1.29 is 9.31 Å². The molecule has 2 aromatic rings. The Kier molecular flexibility index (Phi) is 4.01. The smallest absolute Gasteiger partial charge is 0.295 e. The van der Waals surface area contributed by atoms with Gasteiger partial charge in [-0.1, -0.05) is 0 Å². The topological polar surface area (TPSA) is 96.7 Å². The van der Waals surface area contributed by atoms with Gasteiger partial charge in [0.05, 0.1) is 11.0 Å². The van der Waals surface area contributed by atoms with Gasteiger partial charge in [0, 0.05) is 13.0 Å². The highest BCUT2D eigenvalue weighted by Crippen LogP contribution is 2.24. The van der Waals surface area contributed by atoms with Gasteiger partial charge in [-0.3, -0.25) is 15.2 Å². The number of H-pyrrole nitrogens is 1. The van der Waals surface area contributed by atoms with Gasteiger partial charge in [0.25, 0.3) is 5.69 Å². The normalized spacial score (nSPS) is 10.4. The average Bonchev–Trinajstić information content (AvgIpc) is 2.89. The summed E-state index contributed by atoms with van der Waals surface area (Å²) in [5.74, 6) is 0.134. The summed E-state index contributed by atoms with van der Waals surface area (Å²) in [6.45, 7) is 0.521. The van der Waals surface area contributed by atoms with E-state index in [-0.39, 0.29) is 5.69 Å². The lowest BCUT2D eigenvalue weighted by atomic mass is 10.2. The summed E-state index contributed by atoms with van der Waals surface area (Å²) < 4.78 is 12.9. The Bertz CT molecular complexity index is 558. The van der Waals surface area contributed by atoms with Crippen LogP contribution in [0.1, 0.15) is 12.2 Å². The zero-order valence-corrected chi connectivity index (χ0v) is 9.97. The minimum absolute atomic E-state index is 0.264. The van der Waals surface area contributed by atoms with Gasteiger partial charge >= 0.3 is 0 Å². The van der Waals surface area contributed by atoms with Crippen molar-refractivity contribution in [3.05, 3.63) is 46.3 Å². The summed E-state index contributed by atoms with van der Waals surface area (Å²) in [6.07, 6.45) is 2.83. The fourth-order valence-electron chi connectivity index (χ4n) is 1.64. The number of nitro benzene ring substituents is 1. The molecule has 0 bridgehead atoms. The Morgan fingerprint density at radius 1 is 1.47 bits per heavy atom. The monoisotopic (exact) mass is 265 g/mol. The van der Waals surface area contributed by atoms with Crippen molar-refractivity contribution >= 4 is 11.4 Å². The van der Waals surface area contributed by atoms with Crippen LogP contribution >= 0.6 is 0 Å². The largest absolute Gasteiger partial charge is 0.379 e. The second-order valence-electron chi connectivity index (χ2n) is 3.88. The van der Waals surface area contributed by atoms with Gasteiger partial charge in [-0.15, -0.1) is 0 Å². The molecule has 0 atom stereocenters. The van der Waals surface area contributed by atoms with Crippen LogP contribution in [-0.2, 0) is 6.42 Å². The summed E-state index contributed by atoms with van der Waals surface area (Å²) in [6, 6.07) is 3.45. The molecule has 0 unspecified atom stereocenters. The number of anilines is 1. The molecule has 0 saturated heterocycles. The first-order valence-corrected chi connectivity index (χ1v) is 5.69. The third-order valence-corrected chi connectivity index (χ3v) is 2.53. The Morgan fingerprint density at radius 3 is 3.00 bits per heavy atom. The lowest BCUT2D eigenvalue weighted by Crippen LogP contribution is -2.06. The van der Waals surface area contributed by atoms with Crippen LogP contribution in [0.3, 0.4) is 0 Å². The number of nitrogens with one attached hydrogen (secondary N) is 2. The van der Waals surface area contributed by atoms with Gasteiger partial charge in [0.15, 0.2) is 0 Å². The molecule has 0 amide bonds. The molecular formula is C11H12FN5O2. The van der Waals surface area contributed by atoms with Crippen LogP contribution in [0, 0.1) is 15.9 Å². The van der Waals surface area contributed by atoms with Crippen molar-refractivity contribution in [2.45, 2.75) is 12.8 Å². The van der Waals surface area contributed by atoms with E-state index in [0.717, 1.165) is 18.3 Å². The number of hydrogen-bond donors (Lipinski definition) is 2. The van der Waals surface area contributed by atoms with Crippen molar-refractivity contribution in [3.8, 4) is 0 Å². The van der Waals surface area contributed by atoms with Crippen LogP contribution in [-0.4, -0.2) is 26.6 Å². The first-order valence-electron chi connectivity index (χ1n) is 5.69. The number of benzene rings is 1. The molecule has 7 nitrogen and oxygen atoms in total. The first-order chi connectivity index (χ1) is 9.16. The molecule has 2 rings (SSSR count). The zero-order chi connectivity index (χ0) is 13.7. The van der Waals surface area contributed by atoms with Gasteiger partial charge in [-0.2, -0.15) is 5.10 Å². The fraction of sp³-hybridized carbons (Fsp3) is 0.273. The summed E-state index contributed by atoms with van der Waals surface area (Å²) in [5.41, 5.74) is 0.0450. The minimum atomic E-state index is -0.626. The summed E-state index contributed by atoms with van der Waals surface area (Å²) in [4.78, 5) is 14.1. The molecule has 100 valence electrons. The molecule has 0 fully saturated rings. The van der Waals surface area contributed by atoms with Crippen molar-refractivity contribution in [1.29, 1.82) is 0 Å². The molecule has 2 N–H and O–H groups in total. The molecule has 0 aliphatic rings. The molecule has 1 heterocycles. The van der Waals surface area contributed by atoms with Crippen LogP contribution in [0.25, 0.3) is 0 Å². The summed E-state index contributed by atoms with van der Waals surface area (Å²) in [7, 11) is 0. The predicted molar refractivity (Wildman–Crippen MR) is 66.2 cm³/mol. The summed E-state index contributed by atoms with van der Waals surface area (Å²) >= 11 is 0. The van der Waals surface area contributed by atoms with Crippen LogP contribution in [0.15, 0.2) is 24.5 Å². The molecule has 1 aromatic heterocycles. The van der Waals surface area contributed by atoms with Gasteiger partial charge in [0.2, 0.25) is 0 Å². The minimum Gasteiger partial charge on any atom is -0.379 e. The lowest BCUT2D eigenvalue weighted by molar-refractivity contribution is -0.384. The molecule has 19 heavy (non-hydrogen) atoms. The maximum Gasteiger partial charge on any atom is 0.295 e. The Balaban J connectivity index is 1.90. The Morgan fingerprint density at radius 2 is 2.32 bits per heavy atom. The van der Waals surface area contributed by atoms with Gasteiger partial charge in [-0.05, 0) is 18.6 Å². The highest BCUT2D eigenvalue weighted by Gasteiger charge is 2.14. The fourth-order valence-corrected chi connectivity index (χ4v) is 1.64. The Labute approximate surface area is 108 Å². The van der Waals surface area contributed by atoms with E-state index in [4.69, 9.17) is 0 Å². The van der Waals surface area contributed by atoms with E-state index < -0.39 is 10.7 Å². The molecular weight excluding hydrogens is 253 g/mol. The van der Waals surface area contributed by atoms with Gasteiger partial charge in [0.1, 0.15) is 23.7 Å². The van der Waals surface area contributed by atoms with E-state index in [1.54, 1.807) is 0 Å². The molecule has 1 aromatic carbocycles. The molecule has 8 heteroatoms. The van der Waals surface area contributed by atoms with Crippen LogP contribution < -0.4 is 5.32 Å². The SMILES string of the molecule is O=[N+]([O-])c1cc(F)ccc1NCCCc1ncn[nH]1. The van der Waals surface area contributed by atoms with E-state index in [2.05, 4.69) is 20.5 Å². The standard InChI is InChI=1S/C11H12FN5O2/c12-8-3-4-9(10(6-8)17(18)19)13-5-1-2-11-14-7-15-16-11/h3-4,6-7,13H,1-2,5H2,(H,14,15,16). The quantitative estimate of drug-likeness (QED) is 0.472. The summed E-state index contributed by atoms with van der Waals surface area (Å²) in [5, 5.41) is 20.1. The van der Waals surface area contributed by atoms with Crippen LogP contribution in [0.2, 0.25) is 0 Å². The van der Waals surface area contributed by atoms with E-state index in [1.807, 2.05) is 0 Å². The highest BCUT2D eigenvalue weighted by atomic mass is 19.1. The average molecular weight is 265 g/mol. The van der Waals surface area contributed by atoms with Gasteiger partial charge in [-0.25, -0.2) is 9.37 Å². The van der Waals surface area contributed by atoms with Crippen molar-refractivity contribution in [2.24, 2.45) is 0 Å². The van der Waals surface area contributed by atoms with E-state index in [9.17, 15) is 14.5 Å². The van der Waals surface area contributed by atoms with Crippen molar-refractivity contribution in [2.75, 3.05) is 11.9 Å². The van der Waals surface area contributed by atoms with Crippen LogP contribution in [0.4, 0.5) is 15.8 Å². The molecule has 0 saturated carbocycles. The number of aromatic amines is 1. The Hall–Kier alpha value is -2.51. The first kappa shape index (κ1) is 12.9. The third-order valence-electron chi connectivity index (χ3n) is 2.53. The third kappa shape index (κ3) is 3.47. The number of nitro groups is 1. The molecule has 0 aliphatic carbocycles. The number of hydrogen-bond acceptors (Lipinski definition) is 5. The number of halogens is 1. The molecule has 0 aliphatic heterocycles. The molecule has 0 radical (unpaired) electrons. The zero-order valence-electron chi connectivity index (χ0n) is 9.97. The highest BCUT2D eigenvalue weighted by molar-refractivity contribution is 5.61. The van der Waals surface area contributed by atoms with E-state index in [0.29, 0.717) is 18.7 Å². The van der Waals surface area contributed by atoms with E-state index in [1.165, 1.54) is 18.5 Å². The van der Waals surface area contributed by atoms with Crippen molar-refractivity contribution in [1.82, 2.24) is 15.2 Å². The lowest BCUT2D eigenvalue weighted by Gasteiger charge is -2.06. The van der Waals surface area contributed by atoms with E-state index >= 15 is 0 Å². The molecule has 0 spiro atoms. The van der Waals surface area contributed by atoms with Gasteiger partial charge < -0.3 is 5.32 Å². The predicted octanol–water partition coefficient (Wildman–Crippen LogP) is 1.90. The maximum atomic E-state index is 12.9.